The molecule has 6 nitrogen and oxygen atoms in total. The van der Waals surface area contributed by atoms with Crippen LogP contribution in [0.25, 0.3) is 0 Å². The predicted octanol–water partition coefficient (Wildman–Crippen LogP) is 2.20. The van der Waals surface area contributed by atoms with E-state index in [1.54, 1.807) is 6.20 Å². The summed E-state index contributed by atoms with van der Waals surface area (Å²) in [6.45, 7) is 4.63. The first-order valence-electron chi connectivity index (χ1n) is 9.03. The standard InChI is InChI=1S/C19H24N4O2/c24-19(22-9-3-5-16(15-22)23-10-4-8-20-23)17-6-1-2-7-18(17)21-11-13-25-14-12-21/h1-2,4,6-8,10,16H,3,5,9,11-15H2/t16-/m1/s1. The Labute approximate surface area is 148 Å². The summed E-state index contributed by atoms with van der Waals surface area (Å²) in [5, 5.41) is 4.35. The Kier molecular flexibility index (Phi) is 4.70. The number of likely N-dealkylation sites (tertiary alicyclic amines) is 1. The van der Waals surface area contributed by atoms with Gasteiger partial charge in [0.05, 0.1) is 24.8 Å². The first kappa shape index (κ1) is 16.1. The molecule has 0 saturated carbocycles. The zero-order valence-electron chi connectivity index (χ0n) is 14.4. The summed E-state index contributed by atoms with van der Waals surface area (Å²) in [7, 11) is 0. The molecule has 2 fully saturated rings. The highest BCUT2D eigenvalue weighted by Gasteiger charge is 2.28. The molecule has 0 aliphatic carbocycles. The molecule has 2 aromatic rings. The molecular formula is C19H24N4O2. The second-order valence-corrected chi connectivity index (χ2v) is 6.65. The van der Waals surface area contributed by atoms with Crippen molar-refractivity contribution in [3.05, 3.63) is 48.3 Å². The molecule has 0 bridgehead atoms. The number of ether oxygens (including phenoxy) is 1. The van der Waals surface area contributed by atoms with Crippen molar-refractivity contribution in [3.8, 4) is 0 Å². The number of morpholine rings is 1. The maximum absolute atomic E-state index is 13.2. The van der Waals surface area contributed by atoms with Crippen LogP contribution >= 0.6 is 0 Å². The van der Waals surface area contributed by atoms with Crippen molar-refractivity contribution in [3.63, 3.8) is 0 Å². The average molecular weight is 340 g/mol. The monoisotopic (exact) mass is 340 g/mol. The molecule has 4 rings (SSSR count). The van der Waals surface area contributed by atoms with Crippen molar-refractivity contribution >= 4 is 11.6 Å². The van der Waals surface area contributed by atoms with Crippen LogP contribution in [-0.2, 0) is 4.74 Å². The van der Waals surface area contributed by atoms with Gasteiger partial charge in [-0.3, -0.25) is 9.48 Å². The van der Waals surface area contributed by atoms with Gasteiger partial charge in [0.1, 0.15) is 0 Å². The fourth-order valence-corrected chi connectivity index (χ4v) is 3.76. The topological polar surface area (TPSA) is 50.6 Å². The van der Waals surface area contributed by atoms with Gasteiger partial charge in [-0.1, -0.05) is 12.1 Å². The number of nitrogens with zero attached hydrogens (tertiary/aromatic N) is 4. The Morgan fingerprint density at radius 1 is 1.12 bits per heavy atom. The Morgan fingerprint density at radius 3 is 2.76 bits per heavy atom. The summed E-state index contributed by atoms with van der Waals surface area (Å²) in [4.78, 5) is 17.5. The summed E-state index contributed by atoms with van der Waals surface area (Å²) in [6.07, 6.45) is 5.86. The van der Waals surface area contributed by atoms with Crippen LogP contribution in [-0.4, -0.2) is 60.0 Å². The smallest absolute Gasteiger partial charge is 0.256 e. The van der Waals surface area contributed by atoms with Crippen LogP contribution < -0.4 is 4.90 Å². The van der Waals surface area contributed by atoms with E-state index in [9.17, 15) is 4.79 Å². The van der Waals surface area contributed by atoms with Crippen LogP contribution in [0.3, 0.4) is 0 Å². The third kappa shape index (κ3) is 3.39. The Morgan fingerprint density at radius 2 is 1.96 bits per heavy atom. The SMILES string of the molecule is O=C(c1ccccc1N1CCOCC1)N1CCC[C@@H](n2cccn2)C1. The molecule has 6 heteroatoms. The van der Waals surface area contributed by atoms with E-state index in [2.05, 4.69) is 10.00 Å². The van der Waals surface area contributed by atoms with Crippen LogP contribution in [0.2, 0.25) is 0 Å². The highest BCUT2D eigenvalue weighted by atomic mass is 16.5. The number of hydrogen-bond acceptors (Lipinski definition) is 4. The quantitative estimate of drug-likeness (QED) is 0.859. The van der Waals surface area contributed by atoms with E-state index < -0.39 is 0 Å². The number of anilines is 1. The fraction of sp³-hybridized carbons (Fsp3) is 0.474. The van der Waals surface area contributed by atoms with Crippen LogP contribution in [0.1, 0.15) is 29.2 Å². The zero-order valence-corrected chi connectivity index (χ0v) is 14.4. The van der Waals surface area contributed by atoms with Crippen LogP contribution in [0, 0.1) is 0 Å². The van der Waals surface area contributed by atoms with Gasteiger partial charge in [0, 0.05) is 44.3 Å². The van der Waals surface area contributed by atoms with Gasteiger partial charge in [-0.2, -0.15) is 5.10 Å². The van der Waals surface area contributed by atoms with Gasteiger partial charge in [0.15, 0.2) is 0 Å². The summed E-state index contributed by atoms with van der Waals surface area (Å²) in [5.41, 5.74) is 1.82. The van der Waals surface area contributed by atoms with E-state index in [0.717, 1.165) is 50.3 Å². The minimum atomic E-state index is 0.124. The normalized spacial score (nSPS) is 21.4. The molecule has 2 saturated heterocycles. The fourth-order valence-electron chi connectivity index (χ4n) is 3.76. The van der Waals surface area contributed by atoms with E-state index in [4.69, 9.17) is 4.74 Å². The maximum atomic E-state index is 13.2. The van der Waals surface area contributed by atoms with E-state index in [1.165, 1.54) is 0 Å². The largest absolute Gasteiger partial charge is 0.378 e. The Balaban J connectivity index is 1.54. The molecule has 2 aliphatic rings. The lowest BCUT2D eigenvalue weighted by atomic mass is 10.0. The first-order chi connectivity index (χ1) is 12.3. The van der Waals surface area contributed by atoms with Crippen LogP contribution in [0.15, 0.2) is 42.7 Å². The van der Waals surface area contributed by atoms with E-state index >= 15 is 0 Å². The molecule has 3 heterocycles. The molecule has 1 aromatic carbocycles. The minimum absolute atomic E-state index is 0.124. The van der Waals surface area contributed by atoms with Gasteiger partial charge in [0.2, 0.25) is 0 Å². The molecule has 25 heavy (non-hydrogen) atoms. The molecule has 1 amide bonds. The van der Waals surface area contributed by atoms with Crippen molar-refractivity contribution in [1.29, 1.82) is 0 Å². The Bertz CT molecular complexity index is 710. The number of carbonyl (C=O) groups excluding carboxylic acids is 1. The number of aromatic nitrogens is 2. The molecule has 1 atom stereocenters. The molecule has 1 aromatic heterocycles. The van der Waals surface area contributed by atoms with Crippen LogP contribution in [0.5, 0.6) is 0 Å². The van der Waals surface area contributed by atoms with Gasteiger partial charge >= 0.3 is 0 Å². The van der Waals surface area contributed by atoms with Gasteiger partial charge in [-0.25, -0.2) is 0 Å². The second kappa shape index (κ2) is 7.27. The predicted molar refractivity (Wildman–Crippen MR) is 95.9 cm³/mol. The highest BCUT2D eigenvalue weighted by Crippen LogP contribution is 2.26. The second-order valence-electron chi connectivity index (χ2n) is 6.65. The molecule has 2 aliphatic heterocycles. The number of rotatable bonds is 3. The molecular weight excluding hydrogens is 316 g/mol. The highest BCUT2D eigenvalue weighted by molar-refractivity contribution is 6.00. The number of hydrogen-bond donors (Lipinski definition) is 0. The van der Waals surface area contributed by atoms with Crippen molar-refractivity contribution in [2.24, 2.45) is 0 Å². The van der Waals surface area contributed by atoms with Gasteiger partial charge in [0.25, 0.3) is 5.91 Å². The molecule has 132 valence electrons. The Hall–Kier alpha value is -2.34. The lowest BCUT2D eigenvalue weighted by Gasteiger charge is -2.35. The first-order valence-corrected chi connectivity index (χ1v) is 9.03. The third-order valence-electron chi connectivity index (χ3n) is 5.07. The zero-order chi connectivity index (χ0) is 17.1. The average Bonchev–Trinajstić information content (AvgIpc) is 3.23. The lowest BCUT2D eigenvalue weighted by molar-refractivity contribution is 0.0672. The van der Waals surface area contributed by atoms with E-state index in [0.29, 0.717) is 13.2 Å². The molecule has 0 radical (unpaired) electrons. The minimum Gasteiger partial charge on any atom is -0.378 e. The van der Waals surface area contributed by atoms with Crippen molar-refractivity contribution in [2.45, 2.75) is 18.9 Å². The number of piperidine rings is 1. The lowest BCUT2D eigenvalue weighted by Crippen LogP contribution is -2.42. The van der Waals surface area contributed by atoms with E-state index in [1.807, 2.05) is 46.1 Å². The summed E-state index contributed by atoms with van der Waals surface area (Å²) in [5.74, 6) is 0.124. The van der Waals surface area contributed by atoms with Crippen LogP contribution in [0.4, 0.5) is 5.69 Å². The summed E-state index contributed by atoms with van der Waals surface area (Å²) >= 11 is 0. The van der Waals surface area contributed by atoms with Gasteiger partial charge in [-0.05, 0) is 31.0 Å². The summed E-state index contributed by atoms with van der Waals surface area (Å²) in [6, 6.07) is 10.2. The number of para-hydroxylation sites is 1. The number of carbonyl (C=O) groups is 1. The number of benzene rings is 1. The van der Waals surface area contributed by atoms with Crippen molar-refractivity contribution < 1.29 is 9.53 Å². The molecule has 0 spiro atoms. The van der Waals surface area contributed by atoms with Gasteiger partial charge in [-0.15, -0.1) is 0 Å². The molecule has 0 N–H and O–H groups in total. The maximum Gasteiger partial charge on any atom is 0.256 e. The van der Waals surface area contributed by atoms with Gasteiger partial charge < -0.3 is 14.5 Å². The van der Waals surface area contributed by atoms with Crippen molar-refractivity contribution in [2.75, 3.05) is 44.3 Å². The number of amides is 1. The molecule has 0 unspecified atom stereocenters. The third-order valence-corrected chi connectivity index (χ3v) is 5.07. The summed E-state index contributed by atoms with van der Waals surface area (Å²) < 4.78 is 7.43. The van der Waals surface area contributed by atoms with E-state index in [-0.39, 0.29) is 11.9 Å². The van der Waals surface area contributed by atoms with Crippen molar-refractivity contribution in [1.82, 2.24) is 14.7 Å².